The molecular formula is C22H18F6O2S2. The first kappa shape index (κ1) is 24.3. The summed E-state index contributed by atoms with van der Waals surface area (Å²) < 4.78 is 84.0. The van der Waals surface area contributed by atoms with Crippen molar-refractivity contribution in [2.75, 3.05) is 12.4 Å². The summed E-state index contributed by atoms with van der Waals surface area (Å²) in [5.74, 6) is -0.236. The highest BCUT2D eigenvalue weighted by Crippen LogP contribution is 2.39. The zero-order valence-electron chi connectivity index (χ0n) is 16.5. The molecular weight excluding hydrogens is 474 g/mol. The Hall–Kier alpha value is -2.33. The van der Waals surface area contributed by atoms with Gasteiger partial charge in [0.2, 0.25) is 0 Å². The molecule has 172 valence electrons. The molecule has 0 aliphatic rings. The number of aryl methyl sites for hydroxylation is 1. The molecule has 1 heterocycles. The Balaban J connectivity index is 1.61. The minimum atomic E-state index is -4.62. The van der Waals surface area contributed by atoms with Crippen LogP contribution in [0.4, 0.5) is 26.3 Å². The van der Waals surface area contributed by atoms with Gasteiger partial charge in [0.1, 0.15) is 18.1 Å². The maximum atomic E-state index is 13.3. The lowest BCUT2D eigenvalue weighted by Gasteiger charge is -2.15. The van der Waals surface area contributed by atoms with Crippen LogP contribution in [0.15, 0.2) is 59.7 Å². The van der Waals surface area contributed by atoms with E-state index in [2.05, 4.69) is 6.58 Å². The van der Waals surface area contributed by atoms with Gasteiger partial charge in [0.25, 0.3) is 0 Å². The quantitative estimate of drug-likeness (QED) is 0.149. The van der Waals surface area contributed by atoms with Crippen molar-refractivity contribution < 1.29 is 36.2 Å². The second kappa shape index (κ2) is 9.66. The van der Waals surface area contributed by atoms with Crippen LogP contribution in [0.2, 0.25) is 0 Å². The third-order valence-corrected chi connectivity index (χ3v) is 6.62. The fraction of sp³-hybridized carbons (Fsp3) is 0.273. The van der Waals surface area contributed by atoms with Crippen molar-refractivity contribution >= 4 is 33.2 Å². The molecule has 0 unspecified atom stereocenters. The van der Waals surface area contributed by atoms with Crippen molar-refractivity contribution in [3.05, 3.63) is 70.8 Å². The highest BCUT2D eigenvalue weighted by molar-refractivity contribution is 7.99. The summed E-state index contributed by atoms with van der Waals surface area (Å²) in [6.45, 7) is 2.74. The van der Waals surface area contributed by atoms with Crippen molar-refractivity contribution in [2.24, 2.45) is 0 Å². The van der Waals surface area contributed by atoms with Gasteiger partial charge in [0, 0.05) is 14.5 Å². The van der Waals surface area contributed by atoms with E-state index in [4.69, 9.17) is 9.84 Å². The third kappa shape index (κ3) is 6.35. The van der Waals surface area contributed by atoms with E-state index in [0.29, 0.717) is 28.2 Å². The van der Waals surface area contributed by atoms with E-state index in [0.717, 1.165) is 28.5 Å². The molecule has 0 aliphatic carbocycles. The summed E-state index contributed by atoms with van der Waals surface area (Å²) in [6, 6.07) is 9.18. The molecule has 0 saturated heterocycles. The number of fused-ring (bicyclic) bond motifs is 1. The summed E-state index contributed by atoms with van der Waals surface area (Å²) in [5, 5.41) is 9.78. The van der Waals surface area contributed by atoms with E-state index < -0.39 is 30.1 Å². The largest absolute Gasteiger partial charge is 0.509 e. The minimum Gasteiger partial charge on any atom is -0.509 e. The van der Waals surface area contributed by atoms with Crippen LogP contribution in [-0.4, -0.2) is 17.5 Å². The maximum Gasteiger partial charge on any atom is 0.420 e. The van der Waals surface area contributed by atoms with Crippen LogP contribution in [0, 0.1) is 0 Å². The molecule has 0 fully saturated rings. The molecule has 2 aromatic carbocycles. The molecule has 2 nitrogen and oxygen atoms in total. The normalized spacial score (nSPS) is 12.3. The van der Waals surface area contributed by atoms with Crippen LogP contribution in [0.3, 0.4) is 0 Å². The molecule has 0 atom stereocenters. The molecule has 3 rings (SSSR count). The van der Waals surface area contributed by atoms with Crippen LogP contribution in [0.5, 0.6) is 5.75 Å². The topological polar surface area (TPSA) is 29.5 Å². The van der Waals surface area contributed by atoms with Crippen molar-refractivity contribution in [1.29, 1.82) is 0 Å². The maximum absolute atomic E-state index is 13.3. The molecule has 0 saturated carbocycles. The zero-order valence-corrected chi connectivity index (χ0v) is 18.1. The van der Waals surface area contributed by atoms with E-state index in [-0.39, 0.29) is 11.5 Å². The molecule has 10 heteroatoms. The van der Waals surface area contributed by atoms with Gasteiger partial charge in [-0.3, -0.25) is 0 Å². The van der Waals surface area contributed by atoms with Gasteiger partial charge in [-0.2, -0.15) is 26.3 Å². The first-order chi connectivity index (χ1) is 14.9. The van der Waals surface area contributed by atoms with Crippen molar-refractivity contribution in [1.82, 2.24) is 0 Å². The number of benzene rings is 2. The zero-order chi connectivity index (χ0) is 23.5. The summed E-state index contributed by atoms with van der Waals surface area (Å²) in [7, 11) is 0. The Morgan fingerprint density at radius 3 is 2.41 bits per heavy atom. The standard InChI is InChI=1S/C22H18F6O2S2/c1-13(29)12-30-19-7-6-16(11-18(19)22(26,27)28)31-8-2-3-17-9-14-4-5-15(21(23,24)25)10-20(14)32-17/h4-7,9-11,29H,1-3,8,12H2. The lowest BCUT2D eigenvalue weighted by atomic mass is 10.1. The minimum absolute atomic E-state index is 0.382. The lowest BCUT2D eigenvalue weighted by Crippen LogP contribution is -2.10. The predicted molar refractivity (Wildman–Crippen MR) is 115 cm³/mol. The second-order valence-electron chi connectivity index (χ2n) is 6.93. The van der Waals surface area contributed by atoms with Crippen molar-refractivity contribution in [3.8, 4) is 5.75 Å². The lowest BCUT2D eigenvalue weighted by molar-refractivity contribution is -0.139. The highest BCUT2D eigenvalue weighted by atomic mass is 32.2. The molecule has 0 radical (unpaired) electrons. The molecule has 0 amide bonds. The van der Waals surface area contributed by atoms with Crippen LogP contribution in [0.25, 0.3) is 10.1 Å². The molecule has 3 aromatic rings. The van der Waals surface area contributed by atoms with Gasteiger partial charge in [0.05, 0.1) is 11.1 Å². The Morgan fingerprint density at radius 2 is 1.75 bits per heavy atom. The van der Waals surface area contributed by atoms with Gasteiger partial charge in [-0.25, -0.2) is 0 Å². The summed E-state index contributed by atoms with van der Waals surface area (Å²) in [4.78, 5) is 1.34. The van der Waals surface area contributed by atoms with Crippen molar-refractivity contribution in [3.63, 3.8) is 0 Å². The van der Waals surface area contributed by atoms with Gasteiger partial charge in [-0.15, -0.1) is 23.1 Å². The summed E-state index contributed by atoms with van der Waals surface area (Å²) >= 11 is 2.54. The Labute approximate surface area is 188 Å². The fourth-order valence-electron chi connectivity index (χ4n) is 2.93. The Bertz CT molecular complexity index is 1100. The number of aliphatic hydroxyl groups excluding tert-OH is 1. The molecule has 0 spiro atoms. The number of rotatable bonds is 8. The Morgan fingerprint density at radius 1 is 1.00 bits per heavy atom. The average molecular weight is 493 g/mol. The van der Waals surface area contributed by atoms with Gasteiger partial charge in [-0.1, -0.05) is 12.6 Å². The SMILES string of the molecule is C=C(O)COc1ccc(SCCCc2cc3ccc(C(F)(F)F)cc3s2)cc1C(F)(F)F. The molecule has 32 heavy (non-hydrogen) atoms. The molecule has 1 aromatic heterocycles. The van der Waals surface area contributed by atoms with E-state index >= 15 is 0 Å². The number of alkyl halides is 6. The van der Waals surface area contributed by atoms with Gasteiger partial charge in [-0.05, 0) is 60.4 Å². The van der Waals surface area contributed by atoms with E-state index in [1.165, 1.54) is 41.3 Å². The molecule has 0 bridgehead atoms. The molecule has 1 N–H and O–H groups in total. The first-order valence-electron chi connectivity index (χ1n) is 9.37. The number of hydrogen-bond acceptors (Lipinski definition) is 4. The monoisotopic (exact) mass is 492 g/mol. The first-order valence-corrected chi connectivity index (χ1v) is 11.2. The number of halogens is 6. The summed E-state index contributed by atoms with van der Waals surface area (Å²) in [6.07, 6.45) is -7.75. The van der Waals surface area contributed by atoms with Gasteiger partial charge in [0.15, 0.2) is 0 Å². The van der Waals surface area contributed by atoms with Crippen LogP contribution in [0.1, 0.15) is 22.4 Å². The number of aliphatic hydroxyl groups is 1. The predicted octanol–water partition coefficient (Wildman–Crippen LogP) is 8.11. The fourth-order valence-corrected chi connectivity index (χ4v) is 4.96. The number of thiophene rings is 1. The van der Waals surface area contributed by atoms with Gasteiger partial charge >= 0.3 is 12.4 Å². The van der Waals surface area contributed by atoms with Gasteiger partial charge < -0.3 is 9.84 Å². The summed E-state index contributed by atoms with van der Waals surface area (Å²) in [5.41, 5.74) is -1.63. The Kier molecular flexibility index (Phi) is 7.34. The van der Waals surface area contributed by atoms with Crippen molar-refractivity contribution in [2.45, 2.75) is 30.1 Å². The van der Waals surface area contributed by atoms with Crippen LogP contribution in [-0.2, 0) is 18.8 Å². The van der Waals surface area contributed by atoms with Crippen LogP contribution >= 0.6 is 23.1 Å². The number of hydrogen-bond donors (Lipinski definition) is 1. The van der Waals surface area contributed by atoms with Crippen LogP contribution < -0.4 is 4.74 Å². The second-order valence-corrected chi connectivity index (χ2v) is 9.26. The number of ether oxygens (including phenoxy) is 1. The van der Waals surface area contributed by atoms with E-state index in [1.807, 2.05) is 6.07 Å². The van der Waals surface area contributed by atoms with E-state index in [1.54, 1.807) is 0 Å². The number of thioether (sulfide) groups is 1. The average Bonchev–Trinajstić information content (AvgIpc) is 3.10. The smallest absolute Gasteiger partial charge is 0.420 e. The highest BCUT2D eigenvalue weighted by Gasteiger charge is 2.35. The molecule has 0 aliphatic heterocycles. The third-order valence-electron chi connectivity index (χ3n) is 4.39. The van der Waals surface area contributed by atoms with E-state index in [9.17, 15) is 26.3 Å².